The second-order valence-electron chi connectivity index (χ2n) is 5.32. The van der Waals surface area contributed by atoms with Gasteiger partial charge in [-0.1, -0.05) is 25.6 Å². The van der Waals surface area contributed by atoms with E-state index in [0.29, 0.717) is 23.9 Å². The van der Waals surface area contributed by atoms with Crippen molar-refractivity contribution in [2.24, 2.45) is 7.05 Å². The molecule has 0 aliphatic rings. The van der Waals surface area contributed by atoms with Crippen molar-refractivity contribution in [3.05, 3.63) is 34.7 Å². The number of anilines is 1. The number of rotatable bonds is 8. The van der Waals surface area contributed by atoms with E-state index in [4.69, 9.17) is 0 Å². The molecule has 0 bridgehead atoms. The molecular weight excluding hydrogens is 378 g/mol. The first-order chi connectivity index (χ1) is 12.3. The van der Waals surface area contributed by atoms with E-state index in [1.165, 1.54) is 21.0 Å². The van der Waals surface area contributed by atoms with E-state index in [0.717, 1.165) is 11.8 Å². The van der Waals surface area contributed by atoms with Crippen LogP contribution in [0.2, 0.25) is 0 Å². The molecule has 2 rings (SSSR count). The maximum Gasteiger partial charge on any atom is 0.343 e. The SMILES string of the molecule is CCN(CC)S(=O)(=O)c1ccc(NC(=O)CSc2n[nH]c(=O)n2C)cc1. The quantitative estimate of drug-likeness (QED) is 0.636. The van der Waals surface area contributed by atoms with Gasteiger partial charge in [-0.05, 0) is 24.3 Å². The zero-order valence-electron chi connectivity index (χ0n) is 14.7. The monoisotopic (exact) mass is 399 g/mol. The molecule has 1 aromatic carbocycles. The number of sulfonamides is 1. The summed E-state index contributed by atoms with van der Waals surface area (Å²) >= 11 is 1.12. The average molecular weight is 399 g/mol. The summed E-state index contributed by atoms with van der Waals surface area (Å²) in [5.41, 5.74) is 0.142. The number of H-pyrrole nitrogens is 1. The minimum Gasteiger partial charge on any atom is -0.325 e. The third-order valence-electron chi connectivity index (χ3n) is 3.65. The van der Waals surface area contributed by atoms with Crippen molar-refractivity contribution >= 4 is 33.4 Å². The number of nitrogens with zero attached hydrogens (tertiary/aromatic N) is 3. The first kappa shape index (κ1) is 20.2. The Balaban J connectivity index is 1.99. The van der Waals surface area contributed by atoms with Gasteiger partial charge in [0.2, 0.25) is 15.9 Å². The van der Waals surface area contributed by atoms with Crippen molar-refractivity contribution < 1.29 is 13.2 Å². The van der Waals surface area contributed by atoms with Gasteiger partial charge in [0.25, 0.3) is 0 Å². The molecule has 9 nitrogen and oxygen atoms in total. The maximum absolute atomic E-state index is 12.4. The Bertz CT molecular complexity index is 914. The molecule has 2 aromatic rings. The van der Waals surface area contributed by atoms with Gasteiger partial charge >= 0.3 is 5.69 Å². The first-order valence-electron chi connectivity index (χ1n) is 7.93. The zero-order chi connectivity index (χ0) is 19.3. The predicted molar refractivity (Wildman–Crippen MR) is 99.7 cm³/mol. The summed E-state index contributed by atoms with van der Waals surface area (Å²) in [4.78, 5) is 23.4. The van der Waals surface area contributed by atoms with Gasteiger partial charge in [0, 0.05) is 25.8 Å². The third-order valence-corrected chi connectivity index (χ3v) is 6.75. The van der Waals surface area contributed by atoms with Gasteiger partial charge in [-0.3, -0.25) is 9.36 Å². The second-order valence-corrected chi connectivity index (χ2v) is 8.20. The number of aromatic nitrogens is 3. The Morgan fingerprint density at radius 3 is 2.38 bits per heavy atom. The average Bonchev–Trinajstić information content (AvgIpc) is 2.93. The molecule has 0 fully saturated rings. The van der Waals surface area contributed by atoms with Crippen LogP contribution < -0.4 is 11.0 Å². The summed E-state index contributed by atoms with van der Waals surface area (Å²) in [6, 6.07) is 6.02. The molecule has 1 amide bonds. The van der Waals surface area contributed by atoms with Gasteiger partial charge in [0.1, 0.15) is 0 Å². The molecule has 0 aliphatic carbocycles. The van der Waals surface area contributed by atoms with E-state index in [1.807, 2.05) is 0 Å². The minimum atomic E-state index is -3.52. The van der Waals surface area contributed by atoms with Crippen molar-refractivity contribution in [1.29, 1.82) is 0 Å². The van der Waals surface area contributed by atoms with Crippen molar-refractivity contribution in [1.82, 2.24) is 19.1 Å². The largest absolute Gasteiger partial charge is 0.343 e. The molecule has 2 N–H and O–H groups in total. The van der Waals surface area contributed by atoms with Crippen LogP contribution in [0.3, 0.4) is 0 Å². The van der Waals surface area contributed by atoms with Gasteiger partial charge in [-0.2, -0.15) is 4.31 Å². The van der Waals surface area contributed by atoms with Crippen LogP contribution in [-0.4, -0.2) is 52.2 Å². The van der Waals surface area contributed by atoms with Crippen molar-refractivity contribution in [3.8, 4) is 0 Å². The highest BCUT2D eigenvalue weighted by atomic mass is 32.2. The fourth-order valence-corrected chi connectivity index (χ4v) is 4.39. The molecule has 0 radical (unpaired) electrons. The standard InChI is InChI=1S/C15H21N5O4S2/c1-4-20(5-2)26(23,24)12-8-6-11(7-9-12)16-13(21)10-25-15-18-17-14(22)19(15)3/h6-9H,4-5,10H2,1-3H3,(H,16,21)(H,17,22). The predicted octanol–water partition coefficient (Wildman–Crippen LogP) is 0.870. The van der Waals surface area contributed by atoms with E-state index >= 15 is 0 Å². The molecule has 0 saturated heterocycles. The third kappa shape index (κ3) is 4.54. The van der Waals surface area contributed by atoms with Crippen LogP contribution in [0.15, 0.2) is 39.1 Å². The van der Waals surface area contributed by atoms with Gasteiger partial charge in [0.15, 0.2) is 5.16 Å². The van der Waals surface area contributed by atoms with E-state index in [1.54, 1.807) is 33.0 Å². The molecule has 142 valence electrons. The molecule has 11 heteroatoms. The molecule has 0 spiro atoms. The van der Waals surface area contributed by atoms with Crippen molar-refractivity contribution in [2.45, 2.75) is 23.9 Å². The van der Waals surface area contributed by atoms with Crippen LogP contribution in [-0.2, 0) is 21.9 Å². The number of aromatic amines is 1. The van der Waals surface area contributed by atoms with Gasteiger partial charge < -0.3 is 5.32 Å². The molecule has 1 heterocycles. The second kappa shape index (κ2) is 8.52. The lowest BCUT2D eigenvalue weighted by Crippen LogP contribution is -2.30. The Kier molecular flexibility index (Phi) is 6.62. The number of benzene rings is 1. The van der Waals surface area contributed by atoms with Crippen LogP contribution in [0.25, 0.3) is 0 Å². The van der Waals surface area contributed by atoms with E-state index in [2.05, 4.69) is 15.5 Å². The van der Waals surface area contributed by atoms with E-state index < -0.39 is 10.0 Å². The number of carbonyl (C=O) groups excluding carboxylic acids is 1. The van der Waals surface area contributed by atoms with Crippen LogP contribution in [0, 0.1) is 0 Å². The molecule has 26 heavy (non-hydrogen) atoms. The Morgan fingerprint density at radius 2 is 1.88 bits per heavy atom. The summed E-state index contributed by atoms with van der Waals surface area (Å²) in [5.74, 6) is -0.220. The fourth-order valence-electron chi connectivity index (χ4n) is 2.21. The number of thioether (sulfide) groups is 1. The smallest absolute Gasteiger partial charge is 0.325 e. The summed E-state index contributed by atoms with van der Waals surface area (Å²) in [7, 11) is -1.97. The highest BCUT2D eigenvalue weighted by molar-refractivity contribution is 7.99. The normalized spacial score (nSPS) is 11.7. The van der Waals surface area contributed by atoms with E-state index in [9.17, 15) is 18.0 Å². The number of carbonyl (C=O) groups is 1. The first-order valence-corrected chi connectivity index (χ1v) is 10.4. The number of nitrogens with one attached hydrogen (secondary N) is 2. The van der Waals surface area contributed by atoms with Crippen LogP contribution in [0.5, 0.6) is 0 Å². The highest BCUT2D eigenvalue weighted by Crippen LogP contribution is 2.19. The fraction of sp³-hybridized carbons (Fsp3) is 0.400. The van der Waals surface area contributed by atoms with E-state index in [-0.39, 0.29) is 22.2 Å². The zero-order valence-corrected chi connectivity index (χ0v) is 16.4. The van der Waals surface area contributed by atoms with Crippen LogP contribution in [0.1, 0.15) is 13.8 Å². The highest BCUT2D eigenvalue weighted by Gasteiger charge is 2.21. The lowest BCUT2D eigenvalue weighted by Gasteiger charge is -2.18. The summed E-state index contributed by atoms with van der Waals surface area (Å²) in [5, 5.41) is 9.18. The maximum atomic E-state index is 12.4. The Morgan fingerprint density at radius 1 is 1.27 bits per heavy atom. The van der Waals surface area contributed by atoms with Crippen molar-refractivity contribution in [2.75, 3.05) is 24.2 Å². The summed E-state index contributed by atoms with van der Waals surface area (Å²) < 4.78 is 27.5. The Labute approximate surface area is 155 Å². The minimum absolute atomic E-state index is 0.0671. The number of amides is 1. The van der Waals surface area contributed by atoms with Gasteiger partial charge in [-0.15, -0.1) is 5.10 Å². The topological polar surface area (TPSA) is 117 Å². The van der Waals surface area contributed by atoms with Gasteiger partial charge in [0.05, 0.1) is 10.6 Å². The number of hydrogen-bond acceptors (Lipinski definition) is 6. The lowest BCUT2D eigenvalue weighted by atomic mass is 10.3. The molecule has 0 unspecified atom stereocenters. The van der Waals surface area contributed by atoms with Gasteiger partial charge in [-0.25, -0.2) is 18.3 Å². The van der Waals surface area contributed by atoms with Crippen LogP contribution in [0.4, 0.5) is 5.69 Å². The van der Waals surface area contributed by atoms with Crippen LogP contribution >= 0.6 is 11.8 Å². The molecule has 0 atom stereocenters. The molecular formula is C15H21N5O4S2. The summed E-state index contributed by atoms with van der Waals surface area (Å²) in [6.07, 6.45) is 0. The van der Waals surface area contributed by atoms with Crippen molar-refractivity contribution in [3.63, 3.8) is 0 Å². The lowest BCUT2D eigenvalue weighted by molar-refractivity contribution is -0.113. The molecule has 0 aliphatic heterocycles. The Hall–Kier alpha value is -2.11. The molecule has 0 saturated carbocycles. The molecule has 1 aromatic heterocycles. The summed E-state index contributed by atoms with van der Waals surface area (Å²) in [6.45, 7) is 4.35. The number of hydrogen-bond donors (Lipinski definition) is 2.